The molecule has 1 aromatic heterocycles. The van der Waals surface area contributed by atoms with Gasteiger partial charge in [-0.1, -0.05) is 35.3 Å². The number of morpholine rings is 1. The average molecular weight is 442 g/mol. The van der Waals surface area contributed by atoms with Crippen LogP contribution in [0.15, 0.2) is 36.4 Å². The second kappa shape index (κ2) is 8.41. The fraction of sp³-hybridized carbons (Fsp3) is 0.400. The van der Waals surface area contributed by atoms with Crippen LogP contribution in [-0.4, -0.2) is 23.6 Å². The Labute approximate surface area is 177 Å². The monoisotopic (exact) mass is 441 g/mol. The molecule has 1 amide bonds. The summed E-state index contributed by atoms with van der Waals surface area (Å²) in [6.07, 6.45) is -1.64. The summed E-state index contributed by atoms with van der Waals surface area (Å²) in [6.45, 7) is 5.33. The number of esters is 1. The van der Waals surface area contributed by atoms with Crippen molar-refractivity contribution in [2.45, 2.75) is 51.0 Å². The highest BCUT2D eigenvalue weighted by Gasteiger charge is 2.40. The number of hydrogen-bond donors (Lipinski definition) is 1. The van der Waals surface area contributed by atoms with Crippen LogP contribution < -0.4 is 5.32 Å². The Kier molecular flexibility index (Phi) is 6.34. The highest BCUT2D eigenvalue weighted by atomic mass is 35.5. The Morgan fingerprint density at radius 3 is 2.61 bits per heavy atom. The molecule has 3 atom stereocenters. The van der Waals surface area contributed by atoms with Crippen LogP contribution in [0.2, 0.25) is 9.36 Å². The lowest BCUT2D eigenvalue weighted by Crippen LogP contribution is -2.48. The first-order valence-corrected chi connectivity index (χ1v) is 10.4. The molecule has 1 fully saturated rings. The van der Waals surface area contributed by atoms with Crippen LogP contribution in [0.5, 0.6) is 0 Å². The molecular formula is C20H21Cl2NO4S. The van der Waals surface area contributed by atoms with Crippen LogP contribution in [0, 0.1) is 0 Å². The summed E-state index contributed by atoms with van der Waals surface area (Å²) in [7, 11) is 0. The van der Waals surface area contributed by atoms with Gasteiger partial charge in [0.25, 0.3) is 0 Å². The molecule has 0 bridgehead atoms. The number of carbonyl (C=O) groups excluding carboxylic acids is 2. The van der Waals surface area contributed by atoms with Crippen LogP contribution in [-0.2, 0) is 19.1 Å². The Hall–Kier alpha value is -1.60. The lowest BCUT2D eigenvalue weighted by atomic mass is 9.97. The molecule has 1 aliphatic heterocycles. The zero-order chi connectivity index (χ0) is 20.5. The molecule has 0 aliphatic carbocycles. The minimum Gasteiger partial charge on any atom is -0.460 e. The Balaban J connectivity index is 1.86. The summed E-state index contributed by atoms with van der Waals surface area (Å²) in [5, 5.41) is 3.53. The smallest absolute Gasteiger partial charge is 0.309 e. The van der Waals surface area contributed by atoms with Crippen LogP contribution in [0.1, 0.15) is 49.8 Å². The average Bonchev–Trinajstić information content (AvgIpc) is 3.01. The molecule has 0 radical (unpaired) electrons. The van der Waals surface area contributed by atoms with E-state index in [1.165, 1.54) is 11.3 Å². The summed E-state index contributed by atoms with van der Waals surface area (Å²) in [5.74, 6) is -0.853. The number of benzene rings is 1. The first kappa shape index (κ1) is 21.1. The minimum atomic E-state index is -0.953. The Morgan fingerprint density at radius 2 is 2.00 bits per heavy atom. The molecule has 2 aromatic rings. The zero-order valence-electron chi connectivity index (χ0n) is 15.7. The van der Waals surface area contributed by atoms with Gasteiger partial charge < -0.3 is 14.8 Å². The van der Waals surface area contributed by atoms with E-state index in [1.54, 1.807) is 39.0 Å². The van der Waals surface area contributed by atoms with Crippen molar-refractivity contribution < 1.29 is 19.1 Å². The van der Waals surface area contributed by atoms with E-state index in [9.17, 15) is 9.59 Å². The quantitative estimate of drug-likeness (QED) is 0.671. The number of thiophene rings is 1. The first-order valence-electron chi connectivity index (χ1n) is 8.81. The number of amides is 1. The number of halogens is 2. The highest BCUT2D eigenvalue weighted by Crippen LogP contribution is 2.41. The minimum absolute atomic E-state index is 0.169. The summed E-state index contributed by atoms with van der Waals surface area (Å²) in [5.41, 5.74) is 0.168. The van der Waals surface area contributed by atoms with E-state index in [2.05, 4.69) is 5.32 Å². The van der Waals surface area contributed by atoms with E-state index >= 15 is 0 Å². The van der Waals surface area contributed by atoms with Crippen molar-refractivity contribution in [2.75, 3.05) is 0 Å². The van der Waals surface area contributed by atoms with Crippen LogP contribution in [0.25, 0.3) is 0 Å². The number of ether oxygens (including phenoxy) is 2. The predicted molar refractivity (Wildman–Crippen MR) is 110 cm³/mol. The largest absolute Gasteiger partial charge is 0.460 e. The van der Waals surface area contributed by atoms with Gasteiger partial charge >= 0.3 is 5.97 Å². The molecule has 3 unspecified atom stereocenters. The number of rotatable bonds is 4. The molecule has 0 spiro atoms. The topological polar surface area (TPSA) is 64.6 Å². The molecule has 1 aromatic carbocycles. The molecule has 28 heavy (non-hydrogen) atoms. The van der Waals surface area contributed by atoms with Crippen LogP contribution in [0.4, 0.5) is 0 Å². The van der Waals surface area contributed by atoms with E-state index in [-0.39, 0.29) is 12.3 Å². The Bertz CT molecular complexity index is 877. The second-order valence-corrected chi connectivity index (χ2v) is 9.70. The third-order valence-electron chi connectivity index (χ3n) is 4.05. The van der Waals surface area contributed by atoms with Crippen molar-refractivity contribution in [3.8, 4) is 0 Å². The van der Waals surface area contributed by atoms with Gasteiger partial charge in [-0.05, 0) is 50.6 Å². The van der Waals surface area contributed by atoms with Gasteiger partial charge in [-0.2, -0.15) is 0 Å². The molecule has 1 saturated heterocycles. The molecule has 2 heterocycles. The van der Waals surface area contributed by atoms with Crippen molar-refractivity contribution in [1.29, 1.82) is 0 Å². The van der Waals surface area contributed by atoms with Gasteiger partial charge in [0.15, 0.2) is 0 Å². The van der Waals surface area contributed by atoms with Crippen molar-refractivity contribution in [2.24, 2.45) is 0 Å². The van der Waals surface area contributed by atoms with Gasteiger partial charge in [-0.15, -0.1) is 11.3 Å². The van der Waals surface area contributed by atoms with E-state index in [0.717, 1.165) is 10.4 Å². The zero-order valence-corrected chi connectivity index (χ0v) is 18.0. The van der Waals surface area contributed by atoms with E-state index in [1.807, 2.05) is 18.2 Å². The molecule has 5 nitrogen and oxygen atoms in total. The van der Waals surface area contributed by atoms with Crippen molar-refractivity contribution >= 4 is 46.4 Å². The third-order valence-corrected chi connectivity index (χ3v) is 5.60. The third kappa shape index (κ3) is 5.26. The van der Waals surface area contributed by atoms with Gasteiger partial charge in [-0.3, -0.25) is 9.59 Å². The van der Waals surface area contributed by atoms with Crippen molar-refractivity contribution in [3.05, 3.63) is 56.2 Å². The molecule has 1 N–H and O–H groups in total. The Morgan fingerprint density at radius 1 is 1.25 bits per heavy atom. The highest BCUT2D eigenvalue weighted by molar-refractivity contribution is 7.16. The van der Waals surface area contributed by atoms with Crippen LogP contribution >= 0.6 is 34.5 Å². The summed E-state index contributed by atoms with van der Waals surface area (Å²) < 4.78 is 12.0. The molecule has 0 saturated carbocycles. The van der Waals surface area contributed by atoms with Crippen molar-refractivity contribution in [1.82, 2.24) is 5.32 Å². The maximum atomic E-state index is 12.6. The number of nitrogens with one attached hydrogen (secondary N) is 1. The van der Waals surface area contributed by atoms with E-state index in [4.69, 9.17) is 32.7 Å². The summed E-state index contributed by atoms with van der Waals surface area (Å²) in [6, 6.07) is 10.4. The number of carbonyl (C=O) groups is 2. The molecule has 3 rings (SSSR count). The van der Waals surface area contributed by atoms with Gasteiger partial charge in [0, 0.05) is 9.90 Å². The predicted octanol–water partition coefficient (Wildman–Crippen LogP) is 5.08. The normalized spacial score (nSPS) is 22.6. The molecule has 8 heteroatoms. The second-order valence-electron chi connectivity index (χ2n) is 7.52. The van der Waals surface area contributed by atoms with Crippen LogP contribution in [0.3, 0.4) is 0 Å². The van der Waals surface area contributed by atoms with Crippen molar-refractivity contribution in [3.63, 3.8) is 0 Å². The number of hydrogen-bond acceptors (Lipinski definition) is 5. The summed E-state index contributed by atoms with van der Waals surface area (Å²) >= 11 is 13.6. The van der Waals surface area contributed by atoms with Gasteiger partial charge in [0.1, 0.15) is 17.8 Å². The molecule has 1 aliphatic rings. The van der Waals surface area contributed by atoms with Gasteiger partial charge in [-0.25, -0.2) is 0 Å². The fourth-order valence-corrected chi connectivity index (χ4v) is 4.32. The maximum absolute atomic E-state index is 12.6. The van der Waals surface area contributed by atoms with E-state index in [0.29, 0.717) is 9.36 Å². The fourth-order valence-electron chi connectivity index (χ4n) is 2.98. The van der Waals surface area contributed by atoms with E-state index < -0.39 is 29.8 Å². The van der Waals surface area contributed by atoms with Gasteiger partial charge in [0.2, 0.25) is 5.91 Å². The summed E-state index contributed by atoms with van der Waals surface area (Å²) in [4.78, 5) is 25.7. The maximum Gasteiger partial charge on any atom is 0.309 e. The first-order chi connectivity index (χ1) is 13.1. The lowest BCUT2D eigenvalue weighted by molar-refractivity contribution is -0.168. The SMILES string of the molecule is CC(C)(C)OC(=O)CC1OC(c2cccc(Cl)c2)C(c2ccc(Cl)s2)NC1=O. The molecule has 150 valence electrons. The standard InChI is InChI=1S/C20H21Cl2NO4S/c1-20(2,3)27-16(24)10-13-19(25)23-17(14-7-8-15(22)28-14)18(26-13)11-5-4-6-12(21)9-11/h4-9,13,17-18H,10H2,1-3H3,(H,23,25). The molecular weight excluding hydrogens is 421 g/mol. The lowest BCUT2D eigenvalue weighted by Gasteiger charge is -2.36. The van der Waals surface area contributed by atoms with Gasteiger partial charge in [0.05, 0.1) is 16.8 Å².